The Morgan fingerprint density at radius 1 is 1.48 bits per heavy atom. The van der Waals surface area contributed by atoms with Crippen LogP contribution in [0, 0.1) is 0 Å². The lowest BCUT2D eigenvalue weighted by molar-refractivity contribution is 0.447. The molecule has 0 bridgehead atoms. The van der Waals surface area contributed by atoms with Crippen LogP contribution >= 0.6 is 0 Å². The second kappa shape index (κ2) is 7.79. The molecule has 2 aromatic rings. The van der Waals surface area contributed by atoms with E-state index in [0.717, 1.165) is 5.56 Å². The van der Waals surface area contributed by atoms with Crippen molar-refractivity contribution in [3.63, 3.8) is 0 Å². The smallest absolute Gasteiger partial charge is 0.263 e. The number of nitrogens with one attached hydrogen (secondary N) is 1. The van der Waals surface area contributed by atoms with Crippen LogP contribution in [0.15, 0.2) is 53.9 Å². The van der Waals surface area contributed by atoms with Gasteiger partial charge in [-0.2, -0.15) is 5.10 Å². The Balaban J connectivity index is 2.02. The molecule has 120 valence electrons. The predicted octanol–water partition coefficient (Wildman–Crippen LogP) is 2.47. The normalized spacial score (nSPS) is 11.2. The van der Waals surface area contributed by atoms with Gasteiger partial charge in [0.05, 0.1) is 6.21 Å². The third kappa shape index (κ3) is 4.44. The van der Waals surface area contributed by atoms with Gasteiger partial charge in [-0.1, -0.05) is 31.7 Å². The van der Waals surface area contributed by atoms with Gasteiger partial charge in [-0.15, -0.1) is 10.2 Å². The van der Waals surface area contributed by atoms with Crippen molar-refractivity contribution in [2.24, 2.45) is 5.10 Å². The van der Waals surface area contributed by atoms with E-state index >= 15 is 0 Å². The van der Waals surface area contributed by atoms with Gasteiger partial charge in [0.1, 0.15) is 11.5 Å². The Kier molecular flexibility index (Phi) is 5.51. The maximum Gasteiger partial charge on any atom is 0.263 e. The van der Waals surface area contributed by atoms with E-state index in [0.29, 0.717) is 29.7 Å². The molecule has 7 heteroatoms. The molecule has 7 nitrogen and oxygen atoms in total. The molecule has 0 unspecified atom stereocenters. The number of allylic oxidation sites excluding steroid dienone is 2. The summed E-state index contributed by atoms with van der Waals surface area (Å²) >= 11 is 0. The third-order valence-electron chi connectivity index (χ3n) is 2.92. The molecule has 23 heavy (non-hydrogen) atoms. The van der Waals surface area contributed by atoms with Crippen LogP contribution in [0.25, 0.3) is 0 Å². The van der Waals surface area contributed by atoms with Crippen LogP contribution < -0.4 is 16.0 Å². The molecule has 0 aliphatic carbocycles. The minimum atomic E-state index is 0.381. The zero-order valence-electron chi connectivity index (χ0n) is 13.2. The first-order valence-corrected chi connectivity index (χ1v) is 7.22. The van der Waals surface area contributed by atoms with Gasteiger partial charge in [0.15, 0.2) is 5.82 Å². The molecule has 1 aromatic carbocycles. The number of nitrogen functional groups attached to an aromatic ring is 1. The summed E-state index contributed by atoms with van der Waals surface area (Å²) in [6.07, 6.45) is 6.00. The van der Waals surface area contributed by atoms with Crippen LogP contribution in [0.2, 0.25) is 0 Å². The van der Waals surface area contributed by atoms with Crippen molar-refractivity contribution < 1.29 is 4.74 Å². The first-order chi connectivity index (χ1) is 11.1. The van der Waals surface area contributed by atoms with E-state index in [9.17, 15) is 0 Å². The molecular formula is C16H20N6O. The maximum atomic E-state index is 5.82. The van der Waals surface area contributed by atoms with Crippen molar-refractivity contribution in [2.75, 3.05) is 11.3 Å². The topological polar surface area (TPSA) is 90.3 Å². The zero-order chi connectivity index (χ0) is 16.7. The first kappa shape index (κ1) is 16.3. The Bertz CT molecular complexity index is 732. The summed E-state index contributed by atoms with van der Waals surface area (Å²) in [7, 11) is 0. The molecule has 0 amide bonds. The molecule has 0 atom stereocenters. The molecule has 1 heterocycles. The minimum Gasteiger partial charge on any atom is -0.458 e. The molecule has 0 fully saturated rings. The van der Waals surface area contributed by atoms with E-state index in [1.54, 1.807) is 12.3 Å². The van der Waals surface area contributed by atoms with E-state index < -0.39 is 0 Å². The quantitative estimate of drug-likeness (QED) is 0.269. The lowest BCUT2D eigenvalue weighted by Gasteiger charge is -2.05. The Labute approximate surface area is 135 Å². The van der Waals surface area contributed by atoms with E-state index in [-0.39, 0.29) is 0 Å². The highest BCUT2D eigenvalue weighted by Gasteiger charge is 2.05. The number of nitrogens with two attached hydrogens (primary N) is 1. The second-order valence-corrected chi connectivity index (χ2v) is 4.67. The van der Waals surface area contributed by atoms with Crippen molar-refractivity contribution in [2.45, 2.75) is 20.3 Å². The van der Waals surface area contributed by atoms with Crippen LogP contribution in [0.5, 0.6) is 5.75 Å². The number of hydrogen-bond acceptors (Lipinski definition) is 6. The average molecular weight is 312 g/mol. The largest absolute Gasteiger partial charge is 0.458 e. The molecule has 1 aromatic heterocycles. The van der Waals surface area contributed by atoms with Crippen LogP contribution in [0.1, 0.15) is 25.2 Å². The second-order valence-electron chi connectivity index (χ2n) is 4.67. The number of anilines is 1. The fourth-order valence-corrected chi connectivity index (χ4v) is 1.84. The Hall–Kier alpha value is -3.09. The number of benzene rings is 1. The van der Waals surface area contributed by atoms with E-state index in [2.05, 4.69) is 27.3 Å². The maximum absolute atomic E-state index is 5.82. The highest BCUT2D eigenvalue weighted by atomic mass is 16.5. The molecule has 0 saturated heterocycles. The van der Waals surface area contributed by atoms with Gasteiger partial charge in [-0.3, -0.25) is 0 Å². The molecule has 0 aliphatic heterocycles. The number of hydrazone groups is 1. The van der Waals surface area contributed by atoms with Crippen LogP contribution in [0.3, 0.4) is 0 Å². The number of aromatic nitrogens is 3. The Morgan fingerprint density at radius 2 is 2.30 bits per heavy atom. The summed E-state index contributed by atoms with van der Waals surface area (Å²) in [6, 6.07) is 7.48. The zero-order valence-corrected chi connectivity index (χ0v) is 13.2. The standard InChI is InChI=1S/C16H20N6O/c1-4-7-12(3)23-14-9-6-8-13(10-14)11-18-20-16-21-19-15(5-2)22(16)17/h4,6-11H,3,5,17H2,1-2H3,(H,20,21)/b7-4-,18-11+. The SMILES string of the molecule is C=C(/C=C\C)Oc1cccc(/C=N/Nc2nnc(CC)n2N)c1. The van der Waals surface area contributed by atoms with Gasteiger partial charge in [-0.25, -0.2) is 10.1 Å². The van der Waals surface area contributed by atoms with Gasteiger partial charge in [0, 0.05) is 6.42 Å². The lowest BCUT2D eigenvalue weighted by Crippen LogP contribution is -2.14. The summed E-state index contributed by atoms with van der Waals surface area (Å²) in [6.45, 7) is 7.66. The minimum absolute atomic E-state index is 0.381. The van der Waals surface area contributed by atoms with Gasteiger partial charge >= 0.3 is 0 Å². The molecule has 0 aliphatic rings. The summed E-state index contributed by atoms with van der Waals surface area (Å²) in [5.74, 6) is 8.14. The molecule has 3 N–H and O–H groups in total. The number of hydrogen-bond donors (Lipinski definition) is 2. The van der Waals surface area contributed by atoms with E-state index in [4.69, 9.17) is 10.6 Å². The van der Waals surface area contributed by atoms with Crippen molar-refractivity contribution in [1.82, 2.24) is 14.9 Å². The molecular weight excluding hydrogens is 292 g/mol. The first-order valence-electron chi connectivity index (χ1n) is 7.22. The summed E-state index contributed by atoms with van der Waals surface area (Å²) < 4.78 is 6.96. The monoisotopic (exact) mass is 312 g/mol. The molecule has 0 saturated carbocycles. The predicted molar refractivity (Wildman–Crippen MR) is 91.8 cm³/mol. The average Bonchev–Trinajstić information content (AvgIpc) is 2.88. The summed E-state index contributed by atoms with van der Waals surface area (Å²) in [5.41, 5.74) is 3.62. The van der Waals surface area contributed by atoms with Crippen molar-refractivity contribution >= 4 is 12.2 Å². The van der Waals surface area contributed by atoms with E-state index in [1.165, 1.54) is 4.68 Å². The summed E-state index contributed by atoms with van der Waals surface area (Å²) in [4.78, 5) is 0. The summed E-state index contributed by atoms with van der Waals surface area (Å²) in [5, 5.41) is 12.0. The van der Waals surface area contributed by atoms with Crippen molar-refractivity contribution in [3.8, 4) is 5.75 Å². The number of ether oxygens (including phenoxy) is 1. The van der Waals surface area contributed by atoms with Gasteiger partial charge in [-0.05, 0) is 30.7 Å². The number of rotatable bonds is 7. The Morgan fingerprint density at radius 3 is 3.00 bits per heavy atom. The highest BCUT2D eigenvalue weighted by Crippen LogP contribution is 2.15. The van der Waals surface area contributed by atoms with Crippen LogP contribution in [-0.4, -0.2) is 21.1 Å². The van der Waals surface area contributed by atoms with Gasteiger partial charge in [0.25, 0.3) is 5.95 Å². The fourth-order valence-electron chi connectivity index (χ4n) is 1.84. The van der Waals surface area contributed by atoms with E-state index in [1.807, 2.05) is 44.2 Å². The van der Waals surface area contributed by atoms with Crippen LogP contribution in [-0.2, 0) is 6.42 Å². The molecule has 0 radical (unpaired) electrons. The lowest BCUT2D eigenvalue weighted by atomic mass is 10.2. The van der Waals surface area contributed by atoms with Gasteiger partial charge < -0.3 is 10.6 Å². The number of nitrogens with zero attached hydrogens (tertiary/aromatic N) is 4. The van der Waals surface area contributed by atoms with Gasteiger partial charge in [0.2, 0.25) is 0 Å². The highest BCUT2D eigenvalue weighted by molar-refractivity contribution is 5.80. The fraction of sp³-hybridized carbons (Fsp3) is 0.188. The van der Waals surface area contributed by atoms with Crippen molar-refractivity contribution in [1.29, 1.82) is 0 Å². The third-order valence-corrected chi connectivity index (χ3v) is 2.92. The molecule has 0 spiro atoms. The number of aryl methyl sites for hydroxylation is 1. The van der Waals surface area contributed by atoms with Crippen molar-refractivity contribution in [3.05, 3.63) is 60.1 Å². The van der Waals surface area contributed by atoms with Crippen LogP contribution in [0.4, 0.5) is 5.95 Å². The molecule has 2 rings (SSSR count).